The molecule has 0 aromatic heterocycles. The molecular formula is C13H27N3O2. The molecule has 5 heteroatoms. The molecule has 1 atom stereocenters. The third kappa shape index (κ3) is 3.93. The predicted molar refractivity (Wildman–Crippen MR) is 72.1 cm³/mol. The predicted octanol–water partition coefficient (Wildman–Crippen LogP) is -0.115. The maximum atomic E-state index is 12.3. The van der Waals surface area contributed by atoms with Crippen LogP contribution in [0, 0.1) is 5.92 Å². The van der Waals surface area contributed by atoms with E-state index >= 15 is 0 Å². The molecule has 1 saturated heterocycles. The Hall–Kier alpha value is -0.650. The van der Waals surface area contributed by atoms with E-state index in [-0.39, 0.29) is 24.5 Å². The lowest BCUT2D eigenvalue weighted by Gasteiger charge is -2.38. The molecule has 0 aliphatic carbocycles. The minimum Gasteiger partial charge on any atom is -0.395 e. The Morgan fingerprint density at radius 1 is 1.44 bits per heavy atom. The molecule has 1 heterocycles. The van der Waals surface area contributed by atoms with Gasteiger partial charge in [0.25, 0.3) is 0 Å². The average molecular weight is 257 g/mol. The van der Waals surface area contributed by atoms with Crippen LogP contribution in [0.4, 0.5) is 0 Å². The van der Waals surface area contributed by atoms with E-state index in [0.717, 1.165) is 25.9 Å². The van der Waals surface area contributed by atoms with Gasteiger partial charge in [-0.25, -0.2) is 0 Å². The van der Waals surface area contributed by atoms with E-state index < -0.39 is 6.04 Å². The molecule has 0 aromatic rings. The van der Waals surface area contributed by atoms with Crippen molar-refractivity contribution in [3.8, 4) is 0 Å². The van der Waals surface area contributed by atoms with Crippen LogP contribution >= 0.6 is 0 Å². The first-order chi connectivity index (χ1) is 8.47. The molecule has 106 valence electrons. The third-order valence-electron chi connectivity index (χ3n) is 3.76. The van der Waals surface area contributed by atoms with Crippen LogP contribution < -0.4 is 5.73 Å². The highest BCUT2D eigenvalue weighted by molar-refractivity contribution is 5.82. The second kappa shape index (κ2) is 7.07. The summed E-state index contributed by atoms with van der Waals surface area (Å²) < 4.78 is 0. The zero-order chi connectivity index (χ0) is 13.7. The standard InChI is InChI=1S/C13H27N3O2/c1-10(2)12(14)13(18)16(8-9-17)11-4-6-15(3)7-5-11/h10-12,17H,4-9,14H2,1-3H3. The Morgan fingerprint density at radius 3 is 2.44 bits per heavy atom. The molecule has 1 amide bonds. The van der Waals surface area contributed by atoms with Gasteiger partial charge < -0.3 is 20.6 Å². The summed E-state index contributed by atoms with van der Waals surface area (Å²) in [5, 5.41) is 9.14. The monoisotopic (exact) mass is 257 g/mol. The van der Waals surface area contributed by atoms with Gasteiger partial charge in [0.1, 0.15) is 0 Å². The number of carbonyl (C=O) groups excluding carboxylic acids is 1. The highest BCUT2D eigenvalue weighted by Crippen LogP contribution is 2.17. The number of amides is 1. The van der Waals surface area contributed by atoms with E-state index in [1.807, 2.05) is 13.8 Å². The minimum atomic E-state index is -0.462. The number of nitrogens with two attached hydrogens (primary N) is 1. The van der Waals surface area contributed by atoms with Crippen LogP contribution in [0.5, 0.6) is 0 Å². The number of hydrogen-bond acceptors (Lipinski definition) is 4. The van der Waals surface area contributed by atoms with Gasteiger partial charge in [-0.3, -0.25) is 4.79 Å². The van der Waals surface area contributed by atoms with Gasteiger partial charge in [0, 0.05) is 12.6 Å². The van der Waals surface area contributed by atoms with E-state index in [1.54, 1.807) is 4.90 Å². The van der Waals surface area contributed by atoms with Crippen molar-refractivity contribution in [3.63, 3.8) is 0 Å². The fourth-order valence-corrected chi connectivity index (χ4v) is 2.36. The highest BCUT2D eigenvalue weighted by atomic mass is 16.3. The molecule has 1 rings (SSSR count). The Bertz CT molecular complexity index is 263. The molecule has 1 aliphatic rings. The number of aliphatic hydroxyl groups is 1. The van der Waals surface area contributed by atoms with E-state index in [4.69, 9.17) is 10.8 Å². The maximum absolute atomic E-state index is 12.3. The van der Waals surface area contributed by atoms with Crippen molar-refractivity contribution >= 4 is 5.91 Å². The van der Waals surface area contributed by atoms with Crippen LogP contribution in [0.1, 0.15) is 26.7 Å². The van der Waals surface area contributed by atoms with Gasteiger partial charge in [-0.2, -0.15) is 0 Å². The second-order valence-corrected chi connectivity index (χ2v) is 5.56. The molecule has 1 aliphatic heterocycles. The Morgan fingerprint density at radius 2 is 2.00 bits per heavy atom. The van der Waals surface area contributed by atoms with Crippen molar-refractivity contribution in [2.24, 2.45) is 11.7 Å². The smallest absolute Gasteiger partial charge is 0.240 e. The number of hydrogen-bond donors (Lipinski definition) is 2. The number of carbonyl (C=O) groups is 1. The van der Waals surface area contributed by atoms with Gasteiger partial charge in [-0.1, -0.05) is 13.8 Å². The molecule has 3 N–H and O–H groups in total. The summed E-state index contributed by atoms with van der Waals surface area (Å²) in [6, 6.07) is -0.234. The molecular weight excluding hydrogens is 230 g/mol. The zero-order valence-electron chi connectivity index (χ0n) is 11.8. The summed E-state index contributed by atoms with van der Waals surface area (Å²) in [5.41, 5.74) is 5.94. The fourth-order valence-electron chi connectivity index (χ4n) is 2.36. The number of likely N-dealkylation sites (tertiary alicyclic amines) is 1. The molecule has 0 radical (unpaired) electrons. The topological polar surface area (TPSA) is 69.8 Å². The molecule has 18 heavy (non-hydrogen) atoms. The van der Waals surface area contributed by atoms with Gasteiger partial charge in [0.2, 0.25) is 5.91 Å². The largest absolute Gasteiger partial charge is 0.395 e. The molecule has 0 saturated carbocycles. The van der Waals surface area contributed by atoms with Crippen LogP contribution in [0.15, 0.2) is 0 Å². The first-order valence-electron chi connectivity index (χ1n) is 6.82. The minimum absolute atomic E-state index is 0.00287. The van der Waals surface area contributed by atoms with Gasteiger partial charge in [-0.05, 0) is 38.9 Å². The van der Waals surface area contributed by atoms with Crippen molar-refractivity contribution < 1.29 is 9.90 Å². The molecule has 0 bridgehead atoms. The SMILES string of the molecule is CC(C)C(N)C(=O)N(CCO)C1CCN(C)CC1. The van der Waals surface area contributed by atoms with Crippen LogP contribution in [-0.4, -0.2) is 66.2 Å². The van der Waals surface area contributed by atoms with Gasteiger partial charge in [0.15, 0.2) is 0 Å². The van der Waals surface area contributed by atoms with Crippen LogP contribution in [0.2, 0.25) is 0 Å². The summed E-state index contributed by atoms with van der Waals surface area (Å²) in [6.45, 7) is 6.30. The first-order valence-corrected chi connectivity index (χ1v) is 6.82. The van der Waals surface area contributed by atoms with Gasteiger partial charge in [-0.15, -0.1) is 0 Å². The summed E-state index contributed by atoms with van der Waals surface area (Å²) in [4.78, 5) is 16.4. The van der Waals surface area contributed by atoms with Crippen molar-refractivity contribution in [1.82, 2.24) is 9.80 Å². The van der Waals surface area contributed by atoms with E-state index in [0.29, 0.717) is 6.54 Å². The van der Waals surface area contributed by atoms with Gasteiger partial charge in [0.05, 0.1) is 12.6 Å². The Kier molecular flexibility index (Phi) is 6.05. The Balaban J connectivity index is 2.66. The van der Waals surface area contributed by atoms with Crippen molar-refractivity contribution in [3.05, 3.63) is 0 Å². The maximum Gasteiger partial charge on any atom is 0.240 e. The van der Waals surface area contributed by atoms with Crippen LogP contribution in [0.3, 0.4) is 0 Å². The summed E-state index contributed by atoms with van der Waals surface area (Å²) in [7, 11) is 2.09. The van der Waals surface area contributed by atoms with Crippen molar-refractivity contribution in [1.29, 1.82) is 0 Å². The second-order valence-electron chi connectivity index (χ2n) is 5.56. The number of aliphatic hydroxyl groups excluding tert-OH is 1. The molecule has 5 nitrogen and oxygen atoms in total. The van der Waals surface area contributed by atoms with E-state index in [2.05, 4.69) is 11.9 Å². The molecule has 1 fully saturated rings. The first kappa shape index (κ1) is 15.4. The van der Waals surface area contributed by atoms with Crippen molar-refractivity contribution in [2.45, 2.75) is 38.8 Å². The number of piperidine rings is 1. The zero-order valence-corrected chi connectivity index (χ0v) is 11.8. The molecule has 0 aromatic carbocycles. The summed E-state index contributed by atoms with van der Waals surface area (Å²) in [5.74, 6) is 0.110. The summed E-state index contributed by atoms with van der Waals surface area (Å²) in [6.07, 6.45) is 1.93. The highest BCUT2D eigenvalue weighted by Gasteiger charge is 2.30. The van der Waals surface area contributed by atoms with E-state index in [9.17, 15) is 4.79 Å². The normalized spacial score (nSPS) is 20.1. The van der Waals surface area contributed by atoms with E-state index in [1.165, 1.54) is 0 Å². The van der Waals surface area contributed by atoms with Crippen LogP contribution in [-0.2, 0) is 4.79 Å². The third-order valence-corrected chi connectivity index (χ3v) is 3.76. The van der Waals surface area contributed by atoms with Crippen LogP contribution in [0.25, 0.3) is 0 Å². The van der Waals surface area contributed by atoms with Crippen molar-refractivity contribution in [2.75, 3.05) is 33.3 Å². The number of rotatable bonds is 5. The fraction of sp³-hybridized carbons (Fsp3) is 0.923. The quantitative estimate of drug-likeness (QED) is 0.721. The number of nitrogens with zero attached hydrogens (tertiary/aromatic N) is 2. The Labute approximate surface area is 110 Å². The van der Waals surface area contributed by atoms with Gasteiger partial charge >= 0.3 is 0 Å². The summed E-state index contributed by atoms with van der Waals surface area (Å²) >= 11 is 0. The average Bonchev–Trinajstić information content (AvgIpc) is 2.35. The lowest BCUT2D eigenvalue weighted by Crippen LogP contribution is -2.54. The molecule has 0 spiro atoms. The molecule has 1 unspecified atom stereocenters. The lowest BCUT2D eigenvalue weighted by molar-refractivity contribution is -0.137. The lowest BCUT2D eigenvalue weighted by atomic mass is 9.99.